The van der Waals surface area contributed by atoms with Crippen LogP contribution in [-0.4, -0.2) is 46.6 Å². The Hall–Kier alpha value is -3.35. The monoisotopic (exact) mass is 522 g/mol. The molecule has 2 N–H and O–H groups in total. The van der Waals surface area contributed by atoms with Crippen LogP contribution in [0.15, 0.2) is 71.9 Å². The van der Waals surface area contributed by atoms with Crippen LogP contribution in [0.5, 0.6) is 5.75 Å². The number of halogens is 1. The number of nitrogens with one attached hydrogen (secondary N) is 2. The Balaban J connectivity index is 1.49. The third-order valence-electron chi connectivity index (χ3n) is 4.83. The summed E-state index contributed by atoms with van der Waals surface area (Å²) in [6, 6.07) is 13.1. The number of hydrogen-bond donors (Lipinski definition) is 2. The van der Waals surface area contributed by atoms with Crippen LogP contribution in [0.2, 0.25) is 5.02 Å². The molecular weight excluding hydrogens is 504 g/mol. The molecule has 3 aromatic rings. The summed E-state index contributed by atoms with van der Waals surface area (Å²) in [6.45, 7) is -0.250. The first-order valence-electron chi connectivity index (χ1n) is 9.81. The van der Waals surface area contributed by atoms with Crippen molar-refractivity contribution in [1.82, 2.24) is 4.98 Å². The summed E-state index contributed by atoms with van der Waals surface area (Å²) in [5, 5.41) is 2.94. The first kappa shape index (κ1) is 23.8. The van der Waals surface area contributed by atoms with E-state index in [-0.39, 0.29) is 22.9 Å². The van der Waals surface area contributed by atoms with Gasteiger partial charge in [0.05, 0.1) is 35.3 Å². The molecule has 0 radical (unpaired) electrons. The molecule has 0 spiro atoms. The van der Waals surface area contributed by atoms with Crippen molar-refractivity contribution in [3.63, 3.8) is 0 Å². The minimum atomic E-state index is -3.85. The van der Waals surface area contributed by atoms with Gasteiger partial charge in [0.15, 0.2) is 6.10 Å². The maximum Gasteiger partial charge on any atom is 0.267 e. The molecule has 1 amide bonds. The number of sulfonamides is 2. The van der Waals surface area contributed by atoms with Crippen molar-refractivity contribution in [2.45, 2.75) is 11.0 Å². The molecule has 1 atom stereocenters. The lowest BCUT2D eigenvalue weighted by Crippen LogP contribution is -2.48. The molecule has 2 aromatic carbocycles. The van der Waals surface area contributed by atoms with Gasteiger partial charge in [0.1, 0.15) is 5.75 Å². The van der Waals surface area contributed by atoms with Gasteiger partial charge in [0.2, 0.25) is 10.0 Å². The van der Waals surface area contributed by atoms with Crippen molar-refractivity contribution in [1.29, 1.82) is 0 Å². The maximum atomic E-state index is 12.8. The van der Waals surface area contributed by atoms with E-state index in [0.717, 1.165) is 10.6 Å². The van der Waals surface area contributed by atoms with E-state index in [1.165, 1.54) is 54.9 Å². The van der Waals surface area contributed by atoms with Crippen LogP contribution >= 0.6 is 11.6 Å². The molecule has 0 aliphatic carbocycles. The van der Waals surface area contributed by atoms with Crippen LogP contribution in [0, 0.1) is 0 Å². The van der Waals surface area contributed by atoms with Crippen LogP contribution in [0.3, 0.4) is 0 Å². The van der Waals surface area contributed by atoms with Gasteiger partial charge in [-0.1, -0.05) is 11.6 Å². The average Bonchev–Trinajstić information content (AvgIpc) is 2.78. The number of fused-ring (bicyclic) bond motifs is 1. The highest BCUT2D eigenvalue weighted by Crippen LogP contribution is 2.37. The van der Waals surface area contributed by atoms with Gasteiger partial charge in [-0.15, -0.1) is 0 Å². The standard InChI is InChI=1S/C21H19ClN4O6S2/c1-33(28,29)26-13-20(32-19-9-4-14(22)11-18(19)26)21(27)24-15-5-7-17(8-6-15)34(30,31)25-16-3-2-10-23-12-16/h2-12,20,25H,13H2,1H3,(H,24,27)/t20-/m0/s1. The van der Waals surface area contributed by atoms with E-state index in [2.05, 4.69) is 15.0 Å². The number of amides is 1. The zero-order chi connectivity index (χ0) is 24.5. The lowest BCUT2D eigenvalue weighted by Gasteiger charge is -2.34. The molecule has 4 rings (SSSR count). The Labute approximate surface area is 201 Å². The number of ether oxygens (including phenoxy) is 1. The summed E-state index contributed by atoms with van der Waals surface area (Å²) in [5.74, 6) is -0.400. The fraction of sp³-hybridized carbons (Fsp3) is 0.143. The molecular formula is C21H19ClN4O6S2. The molecule has 13 heteroatoms. The van der Waals surface area contributed by atoms with Crippen molar-refractivity contribution < 1.29 is 26.4 Å². The van der Waals surface area contributed by atoms with Crippen molar-refractivity contribution >= 4 is 54.6 Å². The van der Waals surface area contributed by atoms with Gasteiger partial charge in [0, 0.05) is 16.9 Å². The van der Waals surface area contributed by atoms with Crippen LogP contribution in [0.4, 0.5) is 17.1 Å². The highest BCUT2D eigenvalue weighted by atomic mass is 35.5. The van der Waals surface area contributed by atoms with Crippen LogP contribution in [0.25, 0.3) is 0 Å². The van der Waals surface area contributed by atoms with Gasteiger partial charge in [-0.25, -0.2) is 16.8 Å². The molecule has 1 aliphatic heterocycles. The topological polar surface area (TPSA) is 135 Å². The van der Waals surface area contributed by atoms with E-state index in [1.807, 2.05) is 0 Å². The number of hydrogen-bond acceptors (Lipinski definition) is 7. The van der Waals surface area contributed by atoms with E-state index in [1.54, 1.807) is 12.1 Å². The fourth-order valence-corrected chi connectivity index (χ4v) is 5.37. The van der Waals surface area contributed by atoms with Gasteiger partial charge in [-0.3, -0.25) is 18.8 Å². The normalized spacial score (nSPS) is 15.7. The van der Waals surface area contributed by atoms with E-state index >= 15 is 0 Å². The van der Waals surface area contributed by atoms with Gasteiger partial charge < -0.3 is 10.1 Å². The Morgan fingerprint density at radius 3 is 2.47 bits per heavy atom. The second-order valence-corrected chi connectivity index (χ2v) is 11.4. The minimum Gasteiger partial charge on any atom is -0.476 e. The summed E-state index contributed by atoms with van der Waals surface area (Å²) in [7, 11) is -7.56. The number of rotatable bonds is 6. The zero-order valence-electron chi connectivity index (χ0n) is 17.7. The molecule has 2 heterocycles. The predicted octanol–water partition coefficient (Wildman–Crippen LogP) is 2.70. The zero-order valence-corrected chi connectivity index (χ0v) is 20.1. The van der Waals surface area contributed by atoms with Gasteiger partial charge in [0.25, 0.3) is 15.9 Å². The molecule has 0 unspecified atom stereocenters. The Kier molecular flexibility index (Phi) is 6.39. The van der Waals surface area contributed by atoms with Crippen LogP contribution in [0.1, 0.15) is 0 Å². The largest absolute Gasteiger partial charge is 0.476 e. The molecule has 0 saturated heterocycles. The molecule has 1 aliphatic rings. The Morgan fingerprint density at radius 2 is 1.82 bits per heavy atom. The summed E-state index contributed by atoms with van der Waals surface area (Å²) in [5.41, 5.74) is 0.864. The third kappa shape index (κ3) is 5.24. The lowest BCUT2D eigenvalue weighted by molar-refractivity contribution is -0.122. The second-order valence-electron chi connectivity index (χ2n) is 7.37. The fourth-order valence-electron chi connectivity index (χ4n) is 3.25. The molecule has 1 aromatic heterocycles. The van der Waals surface area contributed by atoms with Crippen LogP contribution < -0.4 is 19.1 Å². The predicted molar refractivity (Wildman–Crippen MR) is 128 cm³/mol. The minimum absolute atomic E-state index is 0.0164. The maximum absolute atomic E-state index is 12.8. The summed E-state index contributed by atoms with van der Waals surface area (Å²) in [6.07, 6.45) is 2.78. The van der Waals surface area contributed by atoms with E-state index in [0.29, 0.717) is 16.4 Å². The van der Waals surface area contributed by atoms with E-state index in [9.17, 15) is 21.6 Å². The Bertz CT molecular complexity index is 1430. The molecule has 34 heavy (non-hydrogen) atoms. The average molecular weight is 523 g/mol. The number of carbonyl (C=O) groups excluding carboxylic acids is 1. The van der Waals surface area contributed by atoms with Crippen molar-refractivity contribution in [2.24, 2.45) is 0 Å². The van der Waals surface area contributed by atoms with Crippen molar-refractivity contribution in [3.8, 4) is 5.75 Å². The number of carbonyl (C=O) groups is 1. The summed E-state index contributed by atoms with van der Waals surface area (Å²) in [4.78, 5) is 16.7. The summed E-state index contributed by atoms with van der Waals surface area (Å²) >= 11 is 5.98. The van der Waals surface area contributed by atoms with Gasteiger partial charge in [-0.2, -0.15) is 0 Å². The molecule has 0 saturated carbocycles. The first-order valence-corrected chi connectivity index (χ1v) is 13.5. The van der Waals surface area contributed by atoms with E-state index < -0.39 is 32.1 Å². The number of nitrogens with zero attached hydrogens (tertiary/aromatic N) is 2. The molecule has 178 valence electrons. The molecule has 10 nitrogen and oxygen atoms in total. The van der Waals surface area contributed by atoms with Crippen molar-refractivity contribution in [3.05, 3.63) is 72.0 Å². The van der Waals surface area contributed by atoms with Crippen molar-refractivity contribution in [2.75, 3.05) is 27.1 Å². The summed E-state index contributed by atoms with van der Waals surface area (Å²) < 4.78 is 58.8. The SMILES string of the molecule is CS(=O)(=O)N1C[C@@H](C(=O)Nc2ccc(S(=O)(=O)Nc3cccnc3)cc2)Oc2ccc(Cl)cc21. The number of pyridine rings is 1. The number of benzene rings is 2. The lowest BCUT2D eigenvalue weighted by atomic mass is 10.2. The quantitative estimate of drug-likeness (QED) is 0.508. The number of aromatic nitrogens is 1. The number of anilines is 3. The smallest absolute Gasteiger partial charge is 0.267 e. The molecule has 0 bridgehead atoms. The van der Waals surface area contributed by atoms with E-state index in [4.69, 9.17) is 16.3 Å². The second kappa shape index (κ2) is 9.12. The van der Waals surface area contributed by atoms with Crippen LogP contribution in [-0.2, 0) is 24.8 Å². The highest BCUT2D eigenvalue weighted by Gasteiger charge is 2.35. The Morgan fingerprint density at radius 1 is 1.09 bits per heavy atom. The third-order valence-corrected chi connectivity index (χ3v) is 7.61. The van der Waals surface area contributed by atoms with Gasteiger partial charge in [-0.05, 0) is 54.6 Å². The molecule has 0 fully saturated rings. The van der Waals surface area contributed by atoms with Gasteiger partial charge >= 0.3 is 0 Å². The highest BCUT2D eigenvalue weighted by molar-refractivity contribution is 7.92. The first-order chi connectivity index (χ1) is 16.0.